The highest BCUT2D eigenvalue weighted by molar-refractivity contribution is 5.48. The van der Waals surface area contributed by atoms with Gasteiger partial charge >= 0.3 is 0 Å². The molecular formula is C13H21F2N3O. The third-order valence-corrected chi connectivity index (χ3v) is 3.02. The van der Waals surface area contributed by atoms with Crippen LogP contribution in [0.5, 0.6) is 0 Å². The fraction of sp³-hybridized carbons (Fsp3) is 0.615. The van der Waals surface area contributed by atoms with Crippen molar-refractivity contribution in [3.05, 3.63) is 17.7 Å². The topological polar surface area (TPSA) is 57.2 Å². The maximum Gasteiger partial charge on any atom is 0.168 e. The molecule has 0 radical (unpaired) electrons. The van der Waals surface area contributed by atoms with Crippen molar-refractivity contribution in [2.45, 2.75) is 39.2 Å². The van der Waals surface area contributed by atoms with Gasteiger partial charge in [0.25, 0.3) is 0 Å². The summed E-state index contributed by atoms with van der Waals surface area (Å²) in [7, 11) is 0. The van der Waals surface area contributed by atoms with Crippen molar-refractivity contribution in [3.63, 3.8) is 0 Å². The summed E-state index contributed by atoms with van der Waals surface area (Å²) in [4.78, 5) is 3.91. The third-order valence-electron chi connectivity index (χ3n) is 3.02. The number of hydrogen-bond donors (Lipinski definition) is 3. The van der Waals surface area contributed by atoms with Crippen LogP contribution in [-0.2, 0) is 0 Å². The number of nitrogens with zero attached hydrogens (tertiary/aromatic N) is 1. The highest BCUT2D eigenvalue weighted by atomic mass is 19.1. The summed E-state index contributed by atoms with van der Waals surface area (Å²) in [6, 6.07) is 0.792. The first-order valence-corrected chi connectivity index (χ1v) is 6.44. The molecule has 1 heterocycles. The zero-order valence-electron chi connectivity index (χ0n) is 11.6. The molecule has 1 aromatic heterocycles. The molecule has 0 fully saturated rings. The molecule has 0 saturated carbocycles. The zero-order valence-corrected chi connectivity index (χ0v) is 11.6. The van der Waals surface area contributed by atoms with E-state index in [0.29, 0.717) is 13.0 Å². The Labute approximate surface area is 112 Å². The smallest absolute Gasteiger partial charge is 0.168 e. The Balaban J connectivity index is 3.00. The van der Waals surface area contributed by atoms with Crippen molar-refractivity contribution in [1.82, 2.24) is 4.98 Å². The fourth-order valence-electron chi connectivity index (χ4n) is 1.45. The van der Waals surface area contributed by atoms with Gasteiger partial charge in [0.1, 0.15) is 0 Å². The molecule has 1 aromatic rings. The molecule has 0 amide bonds. The van der Waals surface area contributed by atoms with E-state index in [1.54, 1.807) is 6.92 Å². The lowest BCUT2D eigenvalue weighted by Gasteiger charge is -2.28. The second kappa shape index (κ2) is 6.65. The Morgan fingerprint density at radius 3 is 2.42 bits per heavy atom. The fourth-order valence-corrected chi connectivity index (χ4v) is 1.45. The molecule has 0 bridgehead atoms. The molecule has 0 aliphatic rings. The maximum absolute atomic E-state index is 13.7. The number of aliphatic hydroxyl groups excluding tert-OH is 1. The van der Waals surface area contributed by atoms with Gasteiger partial charge < -0.3 is 15.7 Å². The van der Waals surface area contributed by atoms with Gasteiger partial charge in [-0.05, 0) is 19.8 Å². The van der Waals surface area contributed by atoms with Crippen molar-refractivity contribution in [2.75, 3.05) is 23.8 Å². The van der Waals surface area contributed by atoms with Crippen molar-refractivity contribution < 1.29 is 13.9 Å². The Hall–Kier alpha value is -1.43. The molecule has 0 aliphatic carbocycles. The lowest BCUT2D eigenvalue weighted by atomic mass is 10.0. The van der Waals surface area contributed by atoms with Gasteiger partial charge in [0.15, 0.2) is 23.3 Å². The van der Waals surface area contributed by atoms with Gasteiger partial charge in [-0.3, -0.25) is 0 Å². The van der Waals surface area contributed by atoms with Crippen LogP contribution in [0.15, 0.2) is 6.07 Å². The molecule has 0 aliphatic heterocycles. The monoisotopic (exact) mass is 273 g/mol. The Morgan fingerprint density at radius 2 is 1.89 bits per heavy atom. The van der Waals surface area contributed by atoms with E-state index in [9.17, 15) is 13.9 Å². The molecule has 0 spiro atoms. The SMILES string of the molecule is CCCNc1nc(NC(C)(CC)CO)c(F)cc1F. The largest absolute Gasteiger partial charge is 0.394 e. The molecule has 1 rings (SSSR count). The lowest BCUT2D eigenvalue weighted by Crippen LogP contribution is -2.38. The van der Waals surface area contributed by atoms with Crippen LogP contribution in [0.1, 0.15) is 33.6 Å². The summed E-state index contributed by atoms with van der Waals surface area (Å²) >= 11 is 0. The van der Waals surface area contributed by atoms with Gasteiger partial charge in [-0.1, -0.05) is 13.8 Å². The van der Waals surface area contributed by atoms with Crippen molar-refractivity contribution in [3.8, 4) is 0 Å². The van der Waals surface area contributed by atoms with Gasteiger partial charge in [-0.15, -0.1) is 0 Å². The molecule has 0 saturated heterocycles. The second-order valence-electron chi connectivity index (χ2n) is 4.77. The molecule has 4 nitrogen and oxygen atoms in total. The van der Waals surface area contributed by atoms with Crippen LogP contribution in [0, 0.1) is 11.6 Å². The van der Waals surface area contributed by atoms with E-state index in [4.69, 9.17) is 0 Å². The Kier molecular flexibility index (Phi) is 5.47. The summed E-state index contributed by atoms with van der Waals surface area (Å²) in [6.07, 6.45) is 1.39. The van der Waals surface area contributed by atoms with E-state index in [-0.39, 0.29) is 18.2 Å². The van der Waals surface area contributed by atoms with Crippen LogP contribution in [0.2, 0.25) is 0 Å². The number of rotatable bonds is 7. The number of nitrogens with one attached hydrogen (secondary N) is 2. The van der Waals surface area contributed by atoms with Gasteiger partial charge in [-0.2, -0.15) is 0 Å². The first-order valence-electron chi connectivity index (χ1n) is 6.44. The number of pyridine rings is 1. The van der Waals surface area contributed by atoms with E-state index >= 15 is 0 Å². The highest BCUT2D eigenvalue weighted by Gasteiger charge is 2.23. The maximum atomic E-state index is 13.7. The average molecular weight is 273 g/mol. The van der Waals surface area contributed by atoms with E-state index in [1.165, 1.54) is 0 Å². The van der Waals surface area contributed by atoms with Crippen LogP contribution in [-0.4, -0.2) is 28.8 Å². The average Bonchev–Trinajstić information content (AvgIpc) is 2.40. The molecular weight excluding hydrogens is 252 g/mol. The summed E-state index contributed by atoms with van der Waals surface area (Å²) < 4.78 is 27.2. The number of aliphatic hydroxyl groups is 1. The second-order valence-corrected chi connectivity index (χ2v) is 4.77. The molecule has 19 heavy (non-hydrogen) atoms. The summed E-state index contributed by atoms with van der Waals surface area (Å²) in [5, 5.41) is 14.9. The summed E-state index contributed by atoms with van der Waals surface area (Å²) in [5.41, 5.74) is -0.687. The van der Waals surface area contributed by atoms with E-state index in [2.05, 4.69) is 15.6 Å². The first-order chi connectivity index (χ1) is 8.95. The Morgan fingerprint density at radius 1 is 1.26 bits per heavy atom. The van der Waals surface area contributed by atoms with E-state index in [1.807, 2.05) is 13.8 Å². The molecule has 108 valence electrons. The highest BCUT2D eigenvalue weighted by Crippen LogP contribution is 2.23. The Bertz CT molecular complexity index is 423. The minimum atomic E-state index is -0.771. The zero-order chi connectivity index (χ0) is 14.5. The molecule has 0 aromatic carbocycles. The van der Waals surface area contributed by atoms with Crippen LogP contribution in [0.4, 0.5) is 20.4 Å². The van der Waals surface area contributed by atoms with Gasteiger partial charge in [0.05, 0.1) is 12.1 Å². The van der Waals surface area contributed by atoms with Gasteiger partial charge in [-0.25, -0.2) is 13.8 Å². The molecule has 1 unspecified atom stereocenters. The predicted octanol–water partition coefficient (Wildman–Crippen LogP) is 2.75. The minimum absolute atomic E-state index is 0.0159. The molecule has 1 atom stereocenters. The third kappa shape index (κ3) is 4.02. The predicted molar refractivity (Wildman–Crippen MR) is 72.3 cm³/mol. The van der Waals surface area contributed by atoms with Crippen LogP contribution in [0.3, 0.4) is 0 Å². The standard InChI is InChI=1S/C13H21F2N3O/c1-4-6-16-11-9(14)7-10(15)12(17-11)18-13(3,5-2)8-19/h7,19H,4-6,8H2,1-3H3,(H2,16,17,18). The van der Waals surface area contributed by atoms with Crippen LogP contribution < -0.4 is 10.6 Å². The summed E-state index contributed by atoms with van der Waals surface area (Å²) in [5.74, 6) is -1.54. The molecule has 3 N–H and O–H groups in total. The van der Waals surface area contributed by atoms with Crippen molar-refractivity contribution in [2.24, 2.45) is 0 Å². The van der Waals surface area contributed by atoms with Gasteiger partial charge in [0, 0.05) is 12.6 Å². The van der Waals surface area contributed by atoms with E-state index < -0.39 is 17.2 Å². The van der Waals surface area contributed by atoms with Crippen molar-refractivity contribution >= 4 is 11.6 Å². The minimum Gasteiger partial charge on any atom is -0.394 e. The van der Waals surface area contributed by atoms with Gasteiger partial charge in [0.2, 0.25) is 0 Å². The van der Waals surface area contributed by atoms with Crippen molar-refractivity contribution in [1.29, 1.82) is 0 Å². The number of halogens is 2. The van der Waals surface area contributed by atoms with Crippen LogP contribution >= 0.6 is 0 Å². The normalized spacial score (nSPS) is 14.0. The van der Waals surface area contributed by atoms with E-state index in [0.717, 1.165) is 12.5 Å². The molecule has 6 heteroatoms. The van der Waals surface area contributed by atoms with Crippen LogP contribution in [0.25, 0.3) is 0 Å². The summed E-state index contributed by atoms with van der Waals surface area (Å²) in [6.45, 7) is 5.94. The quantitative estimate of drug-likeness (QED) is 0.715. The first kappa shape index (κ1) is 15.6. The lowest BCUT2D eigenvalue weighted by molar-refractivity contribution is 0.218. The number of hydrogen-bond acceptors (Lipinski definition) is 4. The number of aromatic nitrogens is 1. The number of anilines is 2.